The number of hydrogen-bond donors (Lipinski definition) is 1. The molecule has 2 N–H and O–H groups in total. The van der Waals surface area contributed by atoms with Gasteiger partial charge in [0.1, 0.15) is 0 Å². The summed E-state index contributed by atoms with van der Waals surface area (Å²) in [4.78, 5) is 7.23. The lowest BCUT2D eigenvalue weighted by Gasteiger charge is -2.45. The lowest BCUT2D eigenvalue weighted by molar-refractivity contribution is 0.103. The van der Waals surface area contributed by atoms with Crippen molar-refractivity contribution in [2.75, 3.05) is 13.1 Å². The van der Waals surface area contributed by atoms with Crippen molar-refractivity contribution in [3.63, 3.8) is 0 Å². The van der Waals surface area contributed by atoms with E-state index in [-0.39, 0.29) is 24.0 Å². The summed E-state index contributed by atoms with van der Waals surface area (Å²) in [7, 11) is 0. The molecule has 110 valence electrons. The number of guanidine groups is 1. The van der Waals surface area contributed by atoms with Crippen LogP contribution in [0.25, 0.3) is 0 Å². The number of halogens is 1. The first-order valence-corrected chi connectivity index (χ1v) is 7.88. The normalized spacial score (nSPS) is 30.6. The molecule has 19 heavy (non-hydrogen) atoms. The minimum atomic E-state index is 0. The summed E-state index contributed by atoms with van der Waals surface area (Å²) in [5.74, 6) is 0.841. The fourth-order valence-corrected chi connectivity index (χ4v) is 4.09. The fraction of sp³-hybridized carbons (Fsp3) is 0.933. The molecule has 3 rings (SSSR count). The average molecular weight is 377 g/mol. The van der Waals surface area contributed by atoms with Gasteiger partial charge in [0.05, 0.1) is 6.04 Å². The molecular weight excluding hydrogens is 349 g/mol. The first kappa shape index (κ1) is 15.4. The Morgan fingerprint density at radius 2 is 1.58 bits per heavy atom. The van der Waals surface area contributed by atoms with E-state index in [1.807, 2.05) is 0 Å². The molecule has 0 aromatic heterocycles. The van der Waals surface area contributed by atoms with Crippen LogP contribution in [-0.2, 0) is 0 Å². The minimum Gasteiger partial charge on any atom is -0.370 e. The maximum atomic E-state index is 6.26. The zero-order chi connectivity index (χ0) is 12.4. The Labute approximate surface area is 134 Å². The Bertz CT molecular complexity index is 315. The third-order valence-electron chi connectivity index (χ3n) is 5.44. The third kappa shape index (κ3) is 3.19. The van der Waals surface area contributed by atoms with E-state index in [9.17, 15) is 0 Å². The molecule has 1 spiro atoms. The van der Waals surface area contributed by atoms with Crippen LogP contribution in [0.3, 0.4) is 0 Å². The second kappa shape index (κ2) is 6.64. The van der Waals surface area contributed by atoms with E-state index in [0.29, 0.717) is 11.5 Å². The van der Waals surface area contributed by atoms with E-state index >= 15 is 0 Å². The van der Waals surface area contributed by atoms with Gasteiger partial charge in [0.25, 0.3) is 0 Å². The van der Waals surface area contributed by atoms with Crippen LogP contribution in [-0.4, -0.2) is 30.0 Å². The molecule has 1 aliphatic heterocycles. The van der Waals surface area contributed by atoms with Gasteiger partial charge in [-0.2, -0.15) is 0 Å². The second-order valence-electron chi connectivity index (χ2n) is 6.51. The SMILES string of the molecule is I.NC(=NC1CCC12CCCC2)N1CCCCCC1. The molecule has 0 radical (unpaired) electrons. The van der Waals surface area contributed by atoms with Crippen LogP contribution in [0.5, 0.6) is 0 Å². The lowest BCUT2D eigenvalue weighted by Crippen LogP contribution is -2.45. The molecule has 1 unspecified atom stereocenters. The summed E-state index contributed by atoms with van der Waals surface area (Å²) in [6, 6.07) is 0.545. The van der Waals surface area contributed by atoms with Crippen molar-refractivity contribution in [1.82, 2.24) is 4.90 Å². The van der Waals surface area contributed by atoms with Crippen molar-refractivity contribution in [3.8, 4) is 0 Å². The predicted molar refractivity (Wildman–Crippen MR) is 91.0 cm³/mol. The van der Waals surface area contributed by atoms with Crippen molar-refractivity contribution < 1.29 is 0 Å². The quantitative estimate of drug-likeness (QED) is 0.432. The van der Waals surface area contributed by atoms with E-state index in [4.69, 9.17) is 10.7 Å². The fourth-order valence-electron chi connectivity index (χ4n) is 4.09. The first-order chi connectivity index (χ1) is 8.80. The zero-order valence-electron chi connectivity index (χ0n) is 11.9. The van der Waals surface area contributed by atoms with Gasteiger partial charge >= 0.3 is 0 Å². The number of hydrogen-bond acceptors (Lipinski definition) is 1. The van der Waals surface area contributed by atoms with Gasteiger partial charge in [0, 0.05) is 13.1 Å². The highest BCUT2D eigenvalue weighted by Gasteiger charge is 2.48. The van der Waals surface area contributed by atoms with Gasteiger partial charge in [0.2, 0.25) is 0 Å². The molecule has 2 aliphatic carbocycles. The molecule has 4 heteroatoms. The van der Waals surface area contributed by atoms with Gasteiger partial charge in [-0.05, 0) is 43.9 Å². The molecule has 1 atom stereocenters. The smallest absolute Gasteiger partial charge is 0.191 e. The summed E-state index contributed by atoms with van der Waals surface area (Å²) in [5, 5.41) is 0. The molecule has 1 saturated heterocycles. The first-order valence-electron chi connectivity index (χ1n) is 7.88. The highest BCUT2D eigenvalue weighted by Crippen LogP contribution is 2.54. The Morgan fingerprint density at radius 3 is 2.11 bits per heavy atom. The Hall–Kier alpha value is 0. The molecule has 3 fully saturated rings. The molecule has 2 saturated carbocycles. The van der Waals surface area contributed by atoms with Crippen LogP contribution in [0.1, 0.15) is 64.2 Å². The van der Waals surface area contributed by atoms with E-state index in [1.54, 1.807) is 0 Å². The highest BCUT2D eigenvalue weighted by molar-refractivity contribution is 14.0. The highest BCUT2D eigenvalue weighted by atomic mass is 127. The summed E-state index contributed by atoms with van der Waals surface area (Å²) >= 11 is 0. The third-order valence-corrected chi connectivity index (χ3v) is 5.44. The van der Waals surface area contributed by atoms with Crippen LogP contribution >= 0.6 is 24.0 Å². The van der Waals surface area contributed by atoms with Gasteiger partial charge < -0.3 is 10.6 Å². The van der Waals surface area contributed by atoms with Gasteiger partial charge in [0.15, 0.2) is 5.96 Å². The van der Waals surface area contributed by atoms with Gasteiger partial charge in [-0.15, -0.1) is 24.0 Å². The van der Waals surface area contributed by atoms with Crippen molar-refractivity contribution >= 4 is 29.9 Å². The van der Waals surface area contributed by atoms with Gasteiger partial charge in [-0.25, -0.2) is 4.99 Å². The van der Waals surface area contributed by atoms with Crippen molar-refractivity contribution in [2.24, 2.45) is 16.1 Å². The van der Waals surface area contributed by atoms with Crippen LogP contribution < -0.4 is 5.73 Å². The predicted octanol–water partition coefficient (Wildman–Crippen LogP) is 3.52. The van der Waals surface area contributed by atoms with Crippen LogP contribution in [0, 0.1) is 5.41 Å². The summed E-state index contributed by atoms with van der Waals surface area (Å²) in [6.45, 7) is 2.24. The molecule has 1 heterocycles. The standard InChI is InChI=1S/C15H27N3.HI/c16-14(18-11-5-1-2-6-12-18)17-13-7-10-15(13)8-3-4-9-15;/h13H,1-12H2,(H2,16,17);1H. The van der Waals surface area contributed by atoms with E-state index in [1.165, 1.54) is 64.2 Å². The zero-order valence-corrected chi connectivity index (χ0v) is 14.3. The molecule has 0 bridgehead atoms. The summed E-state index contributed by atoms with van der Waals surface area (Å²) < 4.78 is 0. The summed E-state index contributed by atoms with van der Waals surface area (Å²) in [5.41, 5.74) is 6.82. The molecule has 3 nitrogen and oxygen atoms in total. The number of likely N-dealkylation sites (tertiary alicyclic amines) is 1. The molecule has 0 aromatic carbocycles. The Morgan fingerprint density at radius 1 is 0.947 bits per heavy atom. The Balaban J connectivity index is 0.00000133. The molecular formula is C15H28IN3. The number of nitrogens with two attached hydrogens (primary N) is 1. The van der Waals surface area contributed by atoms with Crippen LogP contribution in [0.2, 0.25) is 0 Å². The lowest BCUT2D eigenvalue weighted by atomic mass is 9.63. The number of aliphatic imine (C=N–C) groups is 1. The molecule has 0 amide bonds. The Kier molecular flexibility index (Phi) is 5.37. The largest absolute Gasteiger partial charge is 0.370 e. The summed E-state index contributed by atoms with van der Waals surface area (Å²) in [6.07, 6.45) is 13.6. The number of nitrogens with zero attached hydrogens (tertiary/aromatic N) is 2. The minimum absolute atomic E-state index is 0. The maximum absolute atomic E-state index is 6.26. The molecule has 0 aromatic rings. The van der Waals surface area contributed by atoms with Crippen LogP contribution in [0.15, 0.2) is 4.99 Å². The van der Waals surface area contributed by atoms with E-state index in [2.05, 4.69) is 4.90 Å². The van der Waals surface area contributed by atoms with E-state index in [0.717, 1.165) is 19.0 Å². The van der Waals surface area contributed by atoms with Crippen molar-refractivity contribution in [2.45, 2.75) is 70.3 Å². The van der Waals surface area contributed by atoms with E-state index < -0.39 is 0 Å². The van der Waals surface area contributed by atoms with Crippen LogP contribution in [0.4, 0.5) is 0 Å². The van der Waals surface area contributed by atoms with Gasteiger partial charge in [-0.3, -0.25) is 0 Å². The average Bonchev–Trinajstić information content (AvgIpc) is 2.74. The number of rotatable bonds is 1. The maximum Gasteiger partial charge on any atom is 0.191 e. The monoisotopic (exact) mass is 377 g/mol. The van der Waals surface area contributed by atoms with Crippen molar-refractivity contribution in [1.29, 1.82) is 0 Å². The molecule has 3 aliphatic rings. The van der Waals surface area contributed by atoms with Gasteiger partial charge in [-0.1, -0.05) is 25.7 Å². The van der Waals surface area contributed by atoms with Crippen molar-refractivity contribution in [3.05, 3.63) is 0 Å². The second-order valence-corrected chi connectivity index (χ2v) is 6.51. The topological polar surface area (TPSA) is 41.6 Å².